The van der Waals surface area contributed by atoms with Crippen molar-refractivity contribution in [2.45, 2.75) is 17.9 Å². The standard InChI is InChI=1S/C12H21N3O3S/c1-9(15(2)3)8-14-19(16,17)12-6-5-10(13)7-11(12)18-4/h5-7,9,14H,8,13H2,1-4H3. The highest BCUT2D eigenvalue weighted by atomic mass is 32.2. The maximum absolute atomic E-state index is 12.2. The monoisotopic (exact) mass is 287 g/mol. The quantitative estimate of drug-likeness (QED) is 0.745. The second-order valence-electron chi connectivity index (χ2n) is 4.57. The largest absolute Gasteiger partial charge is 0.495 e. The minimum atomic E-state index is -3.61. The van der Waals surface area contributed by atoms with Crippen molar-refractivity contribution in [3.8, 4) is 5.75 Å². The number of benzene rings is 1. The molecule has 6 nitrogen and oxygen atoms in total. The molecule has 1 atom stereocenters. The summed E-state index contributed by atoms with van der Waals surface area (Å²) in [5, 5.41) is 0. The van der Waals surface area contributed by atoms with Gasteiger partial charge in [-0.15, -0.1) is 0 Å². The summed E-state index contributed by atoms with van der Waals surface area (Å²) >= 11 is 0. The Balaban J connectivity index is 2.95. The highest BCUT2D eigenvalue weighted by Crippen LogP contribution is 2.25. The first-order chi connectivity index (χ1) is 8.77. The zero-order valence-corrected chi connectivity index (χ0v) is 12.5. The normalized spacial score (nSPS) is 13.5. The Kier molecular flexibility index (Phi) is 5.16. The predicted octanol–water partition coefficient (Wildman–Crippen LogP) is 0.506. The van der Waals surface area contributed by atoms with E-state index in [1.807, 2.05) is 25.9 Å². The summed E-state index contributed by atoms with van der Waals surface area (Å²) in [5.74, 6) is 0.241. The molecule has 3 N–H and O–H groups in total. The van der Waals surface area contributed by atoms with Crippen molar-refractivity contribution >= 4 is 15.7 Å². The van der Waals surface area contributed by atoms with Crippen LogP contribution in [-0.2, 0) is 10.0 Å². The molecule has 0 spiro atoms. The van der Waals surface area contributed by atoms with Crippen LogP contribution in [0, 0.1) is 0 Å². The molecule has 0 aliphatic rings. The number of nitrogens with two attached hydrogens (primary N) is 1. The van der Waals surface area contributed by atoms with Crippen molar-refractivity contribution in [2.75, 3.05) is 33.5 Å². The van der Waals surface area contributed by atoms with Crippen LogP contribution in [0.15, 0.2) is 23.1 Å². The number of nitrogens with zero attached hydrogens (tertiary/aromatic N) is 1. The number of likely N-dealkylation sites (N-methyl/N-ethyl adjacent to an activating group) is 1. The summed E-state index contributed by atoms with van der Waals surface area (Å²) in [5.41, 5.74) is 6.06. The molecule has 19 heavy (non-hydrogen) atoms. The molecular formula is C12H21N3O3S. The fourth-order valence-corrected chi connectivity index (χ4v) is 2.67. The second-order valence-corrected chi connectivity index (χ2v) is 6.31. The molecule has 1 aromatic rings. The van der Waals surface area contributed by atoms with Crippen LogP contribution >= 0.6 is 0 Å². The molecule has 0 heterocycles. The molecule has 1 unspecified atom stereocenters. The molecule has 0 radical (unpaired) electrons. The van der Waals surface area contributed by atoms with Gasteiger partial charge in [0.15, 0.2) is 0 Å². The van der Waals surface area contributed by atoms with Crippen molar-refractivity contribution < 1.29 is 13.2 Å². The van der Waals surface area contributed by atoms with Crippen LogP contribution in [0.2, 0.25) is 0 Å². The van der Waals surface area contributed by atoms with E-state index in [0.717, 1.165) is 0 Å². The number of rotatable bonds is 6. The average molecular weight is 287 g/mol. The van der Waals surface area contributed by atoms with Gasteiger partial charge < -0.3 is 15.4 Å². The predicted molar refractivity (Wildman–Crippen MR) is 75.7 cm³/mol. The zero-order valence-electron chi connectivity index (χ0n) is 11.7. The molecule has 0 aromatic heterocycles. The molecule has 1 aromatic carbocycles. The summed E-state index contributed by atoms with van der Waals surface area (Å²) < 4.78 is 32.0. The van der Waals surface area contributed by atoms with Crippen molar-refractivity contribution in [3.05, 3.63) is 18.2 Å². The summed E-state index contributed by atoms with van der Waals surface area (Å²) in [6.45, 7) is 2.26. The number of nitrogen functional groups attached to an aromatic ring is 1. The highest BCUT2D eigenvalue weighted by molar-refractivity contribution is 7.89. The van der Waals surface area contributed by atoms with E-state index in [-0.39, 0.29) is 16.7 Å². The fourth-order valence-electron chi connectivity index (χ4n) is 1.40. The van der Waals surface area contributed by atoms with Crippen molar-refractivity contribution in [3.63, 3.8) is 0 Å². The maximum Gasteiger partial charge on any atom is 0.244 e. The Hall–Kier alpha value is -1.31. The highest BCUT2D eigenvalue weighted by Gasteiger charge is 2.20. The van der Waals surface area contributed by atoms with Gasteiger partial charge in [-0.3, -0.25) is 0 Å². The van der Waals surface area contributed by atoms with Gasteiger partial charge in [-0.25, -0.2) is 13.1 Å². The first-order valence-corrected chi connectivity index (χ1v) is 7.36. The molecule has 1 rings (SSSR count). The number of nitrogens with one attached hydrogen (secondary N) is 1. The van der Waals surface area contributed by atoms with E-state index in [1.54, 1.807) is 0 Å². The van der Waals surface area contributed by atoms with Gasteiger partial charge in [0.2, 0.25) is 10.0 Å². The zero-order chi connectivity index (χ0) is 14.6. The molecule has 0 aliphatic carbocycles. The van der Waals surface area contributed by atoms with Crippen molar-refractivity contribution in [1.82, 2.24) is 9.62 Å². The third kappa shape index (κ3) is 4.09. The van der Waals surface area contributed by atoms with Crippen molar-refractivity contribution in [1.29, 1.82) is 0 Å². The molecule has 0 amide bonds. The van der Waals surface area contributed by atoms with Crippen molar-refractivity contribution in [2.24, 2.45) is 0 Å². The number of hydrogen-bond donors (Lipinski definition) is 2. The topological polar surface area (TPSA) is 84.7 Å². The van der Waals surface area contributed by atoms with Crippen LogP contribution < -0.4 is 15.2 Å². The Labute approximate surface area is 114 Å². The minimum absolute atomic E-state index is 0.0922. The third-order valence-electron chi connectivity index (χ3n) is 2.93. The average Bonchev–Trinajstić information content (AvgIpc) is 2.35. The smallest absolute Gasteiger partial charge is 0.244 e. The summed E-state index contributed by atoms with van der Waals surface area (Å²) in [7, 11) is 1.59. The molecular weight excluding hydrogens is 266 g/mol. The molecule has 0 saturated heterocycles. The lowest BCUT2D eigenvalue weighted by atomic mass is 10.3. The Morgan fingerprint density at radius 3 is 2.58 bits per heavy atom. The summed E-state index contributed by atoms with van der Waals surface area (Å²) in [6.07, 6.45) is 0. The summed E-state index contributed by atoms with van der Waals surface area (Å²) in [6, 6.07) is 4.56. The number of ether oxygens (including phenoxy) is 1. The molecule has 7 heteroatoms. The molecule has 0 saturated carbocycles. The number of anilines is 1. The number of hydrogen-bond acceptors (Lipinski definition) is 5. The van der Waals surface area contributed by atoms with Gasteiger partial charge in [-0.1, -0.05) is 0 Å². The molecule has 0 bridgehead atoms. The van der Waals surface area contributed by atoms with Gasteiger partial charge in [-0.05, 0) is 33.2 Å². The Morgan fingerprint density at radius 1 is 1.42 bits per heavy atom. The fraction of sp³-hybridized carbons (Fsp3) is 0.500. The third-order valence-corrected chi connectivity index (χ3v) is 4.39. The van der Waals surface area contributed by atoms with Crippen LogP contribution in [-0.4, -0.2) is 47.1 Å². The van der Waals surface area contributed by atoms with Crippen LogP contribution in [0.1, 0.15) is 6.92 Å². The SMILES string of the molecule is COc1cc(N)ccc1S(=O)(=O)NCC(C)N(C)C. The van der Waals surface area contributed by atoms with Gasteiger partial charge in [-0.2, -0.15) is 0 Å². The lowest BCUT2D eigenvalue weighted by Gasteiger charge is -2.20. The van der Waals surface area contributed by atoms with Crippen LogP contribution in [0.4, 0.5) is 5.69 Å². The van der Waals surface area contributed by atoms with Crippen LogP contribution in [0.25, 0.3) is 0 Å². The van der Waals surface area contributed by atoms with E-state index in [1.165, 1.54) is 25.3 Å². The van der Waals surface area contributed by atoms with Gasteiger partial charge in [0, 0.05) is 24.3 Å². The molecule has 0 fully saturated rings. The van der Waals surface area contributed by atoms with E-state index in [4.69, 9.17) is 10.5 Å². The van der Waals surface area contributed by atoms with E-state index >= 15 is 0 Å². The molecule has 0 aliphatic heterocycles. The number of sulfonamides is 1. The first-order valence-electron chi connectivity index (χ1n) is 5.87. The molecule has 108 valence electrons. The van der Waals surface area contributed by atoms with Gasteiger partial charge in [0.25, 0.3) is 0 Å². The van der Waals surface area contributed by atoms with Gasteiger partial charge in [0.05, 0.1) is 7.11 Å². The Bertz CT molecular complexity index is 529. The minimum Gasteiger partial charge on any atom is -0.495 e. The Morgan fingerprint density at radius 2 is 2.05 bits per heavy atom. The van der Waals surface area contributed by atoms with E-state index < -0.39 is 10.0 Å². The van der Waals surface area contributed by atoms with Crippen LogP contribution in [0.5, 0.6) is 5.75 Å². The van der Waals surface area contributed by atoms with E-state index in [2.05, 4.69) is 4.72 Å². The first kappa shape index (κ1) is 15.7. The lowest BCUT2D eigenvalue weighted by Crippen LogP contribution is -2.38. The summed E-state index contributed by atoms with van der Waals surface area (Å²) in [4.78, 5) is 2.03. The van der Waals surface area contributed by atoms with E-state index in [9.17, 15) is 8.42 Å². The van der Waals surface area contributed by atoms with Gasteiger partial charge >= 0.3 is 0 Å². The van der Waals surface area contributed by atoms with E-state index in [0.29, 0.717) is 12.2 Å². The van der Waals surface area contributed by atoms with Gasteiger partial charge in [0.1, 0.15) is 10.6 Å². The number of methoxy groups -OCH3 is 1. The van der Waals surface area contributed by atoms with Crippen LogP contribution in [0.3, 0.4) is 0 Å². The second kappa shape index (κ2) is 6.23. The maximum atomic E-state index is 12.2. The lowest BCUT2D eigenvalue weighted by molar-refractivity contribution is 0.313.